The van der Waals surface area contributed by atoms with E-state index in [0.29, 0.717) is 30.5 Å². The van der Waals surface area contributed by atoms with Crippen molar-refractivity contribution >= 4 is 23.4 Å². The van der Waals surface area contributed by atoms with Crippen molar-refractivity contribution in [2.24, 2.45) is 0 Å². The molecule has 5 heteroatoms. The average molecular weight is 390 g/mol. The lowest BCUT2D eigenvalue weighted by atomic mass is 9.90. The second-order valence-electron chi connectivity index (χ2n) is 7.82. The van der Waals surface area contributed by atoms with Crippen molar-refractivity contribution in [3.05, 3.63) is 64.7 Å². The molecule has 1 heterocycles. The monoisotopic (exact) mass is 390 g/mol. The molecular formula is C24H26N2O3. The van der Waals surface area contributed by atoms with Crippen LogP contribution in [0.1, 0.15) is 70.4 Å². The van der Waals surface area contributed by atoms with Crippen LogP contribution in [0, 0.1) is 0 Å². The number of imide groups is 1. The van der Waals surface area contributed by atoms with Crippen molar-refractivity contribution in [1.82, 2.24) is 4.90 Å². The van der Waals surface area contributed by atoms with Crippen molar-refractivity contribution in [3.8, 4) is 0 Å². The maximum atomic E-state index is 12.3. The predicted octanol–water partition coefficient (Wildman–Crippen LogP) is 4.36. The molecule has 0 saturated heterocycles. The largest absolute Gasteiger partial charge is 0.326 e. The van der Waals surface area contributed by atoms with Crippen molar-refractivity contribution in [1.29, 1.82) is 0 Å². The molecule has 0 saturated carbocycles. The van der Waals surface area contributed by atoms with Crippen LogP contribution in [0.15, 0.2) is 42.5 Å². The van der Waals surface area contributed by atoms with E-state index in [9.17, 15) is 14.4 Å². The van der Waals surface area contributed by atoms with Crippen molar-refractivity contribution in [3.63, 3.8) is 0 Å². The summed E-state index contributed by atoms with van der Waals surface area (Å²) in [5, 5.41) is 3.07. The van der Waals surface area contributed by atoms with Gasteiger partial charge in [-0.15, -0.1) is 0 Å². The highest BCUT2D eigenvalue weighted by Crippen LogP contribution is 2.28. The second kappa shape index (κ2) is 8.60. The molecule has 0 bridgehead atoms. The SMILES string of the molecule is O=C(CCCCCN1C(=O)c2ccccc2C1=O)Nc1cccc2c1CCCC2. The molecule has 3 amide bonds. The quantitative estimate of drug-likeness (QED) is 0.564. The van der Waals surface area contributed by atoms with Gasteiger partial charge in [0.25, 0.3) is 11.8 Å². The summed E-state index contributed by atoms with van der Waals surface area (Å²) in [6.07, 6.45) is 7.22. The van der Waals surface area contributed by atoms with E-state index in [2.05, 4.69) is 11.4 Å². The first-order valence-corrected chi connectivity index (χ1v) is 10.5. The second-order valence-corrected chi connectivity index (χ2v) is 7.82. The first-order valence-electron chi connectivity index (χ1n) is 10.5. The first kappa shape index (κ1) is 19.4. The van der Waals surface area contributed by atoms with E-state index in [-0.39, 0.29) is 17.7 Å². The van der Waals surface area contributed by atoms with Gasteiger partial charge in [0.05, 0.1) is 11.1 Å². The summed E-state index contributed by atoms with van der Waals surface area (Å²) in [7, 11) is 0. The van der Waals surface area contributed by atoms with E-state index in [0.717, 1.165) is 31.4 Å². The molecule has 0 fully saturated rings. The normalized spacial score (nSPS) is 15.2. The van der Waals surface area contributed by atoms with E-state index in [1.807, 2.05) is 12.1 Å². The van der Waals surface area contributed by atoms with Crippen molar-refractivity contribution in [2.75, 3.05) is 11.9 Å². The van der Waals surface area contributed by atoms with E-state index in [1.165, 1.54) is 28.9 Å². The number of rotatable bonds is 7. The number of nitrogens with zero attached hydrogens (tertiary/aromatic N) is 1. The first-order chi connectivity index (χ1) is 14.1. The molecule has 0 unspecified atom stereocenters. The van der Waals surface area contributed by atoms with Crippen LogP contribution in [0.5, 0.6) is 0 Å². The minimum atomic E-state index is -0.211. The summed E-state index contributed by atoms with van der Waals surface area (Å²) in [6.45, 7) is 0.403. The molecule has 0 radical (unpaired) electrons. The molecule has 2 aromatic rings. The van der Waals surface area contributed by atoms with Gasteiger partial charge in [-0.3, -0.25) is 19.3 Å². The van der Waals surface area contributed by atoms with Crippen molar-refractivity contribution in [2.45, 2.75) is 51.4 Å². The van der Waals surface area contributed by atoms with Crippen LogP contribution in [-0.4, -0.2) is 29.2 Å². The Morgan fingerprint density at radius 2 is 1.59 bits per heavy atom. The summed E-state index contributed by atoms with van der Waals surface area (Å²) in [5.74, 6) is -0.390. The highest BCUT2D eigenvalue weighted by atomic mass is 16.2. The van der Waals surface area contributed by atoms with Crippen molar-refractivity contribution < 1.29 is 14.4 Å². The molecule has 0 aromatic heterocycles. The van der Waals surface area contributed by atoms with E-state index in [1.54, 1.807) is 24.3 Å². The van der Waals surface area contributed by atoms with Crippen LogP contribution in [0.3, 0.4) is 0 Å². The molecule has 2 aliphatic rings. The van der Waals surface area contributed by atoms with E-state index >= 15 is 0 Å². The van der Waals surface area contributed by atoms with Crippen LogP contribution in [-0.2, 0) is 17.6 Å². The van der Waals surface area contributed by atoms with Crippen LogP contribution < -0.4 is 5.32 Å². The number of fused-ring (bicyclic) bond motifs is 2. The Balaban J connectivity index is 1.21. The lowest BCUT2D eigenvalue weighted by Gasteiger charge is -2.19. The third kappa shape index (κ3) is 4.09. The van der Waals surface area contributed by atoms with Gasteiger partial charge in [-0.25, -0.2) is 0 Å². The summed E-state index contributed by atoms with van der Waals surface area (Å²) >= 11 is 0. The summed E-state index contributed by atoms with van der Waals surface area (Å²) < 4.78 is 0. The molecule has 4 rings (SSSR count). The predicted molar refractivity (Wildman–Crippen MR) is 112 cm³/mol. The van der Waals surface area contributed by atoms with Gasteiger partial charge in [0.1, 0.15) is 0 Å². The number of unbranched alkanes of at least 4 members (excludes halogenated alkanes) is 2. The highest BCUT2D eigenvalue weighted by molar-refractivity contribution is 6.21. The molecule has 1 N–H and O–H groups in total. The molecule has 29 heavy (non-hydrogen) atoms. The van der Waals surface area contributed by atoms with Crippen LogP contribution in [0.25, 0.3) is 0 Å². The molecule has 1 aliphatic carbocycles. The number of carbonyl (C=O) groups excluding carboxylic acids is 3. The number of nitrogens with one attached hydrogen (secondary N) is 1. The number of aryl methyl sites for hydroxylation is 1. The smallest absolute Gasteiger partial charge is 0.261 e. The fraction of sp³-hybridized carbons (Fsp3) is 0.375. The number of hydrogen-bond acceptors (Lipinski definition) is 3. The van der Waals surface area contributed by atoms with Gasteiger partial charge < -0.3 is 5.32 Å². The number of hydrogen-bond donors (Lipinski definition) is 1. The van der Waals surface area contributed by atoms with Gasteiger partial charge >= 0.3 is 0 Å². The molecule has 5 nitrogen and oxygen atoms in total. The minimum absolute atomic E-state index is 0.0321. The van der Waals surface area contributed by atoms with Gasteiger partial charge in [-0.2, -0.15) is 0 Å². The van der Waals surface area contributed by atoms with E-state index < -0.39 is 0 Å². The lowest BCUT2D eigenvalue weighted by Crippen LogP contribution is -2.30. The van der Waals surface area contributed by atoms with Gasteiger partial charge in [0.15, 0.2) is 0 Å². The fourth-order valence-corrected chi connectivity index (χ4v) is 4.29. The van der Waals surface area contributed by atoms with Gasteiger partial charge in [0.2, 0.25) is 5.91 Å². The topological polar surface area (TPSA) is 66.5 Å². The average Bonchev–Trinajstić information content (AvgIpc) is 2.99. The number of anilines is 1. The summed E-state index contributed by atoms with van der Waals surface area (Å²) in [6, 6.07) is 13.1. The standard InChI is InChI=1S/C24H26N2O3/c27-22(25-21-14-8-10-17-9-3-4-11-18(17)21)15-2-1-7-16-26-23(28)19-12-5-6-13-20(19)24(26)29/h5-6,8,10,12-14H,1-4,7,9,11,15-16H2,(H,25,27). The highest BCUT2D eigenvalue weighted by Gasteiger charge is 2.34. The Labute approximate surface area is 171 Å². The Morgan fingerprint density at radius 3 is 2.34 bits per heavy atom. The van der Waals surface area contributed by atoms with Crippen LogP contribution in [0.4, 0.5) is 5.69 Å². The third-order valence-corrected chi connectivity index (χ3v) is 5.83. The maximum absolute atomic E-state index is 12.3. The molecule has 2 aromatic carbocycles. The summed E-state index contributed by atoms with van der Waals surface area (Å²) in [5.41, 5.74) is 4.58. The fourth-order valence-electron chi connectivity index (χ4n) is 4.29. The number of benzene rings is 2. The molecule has 0 spiro atoms. The molecule has 1 aliphatic heterocycles. The van der Waals surface area contributed by atoms with Gasteiger partial charge in [-0.1, -0.05) is 30.7 Å². The van der Waals surface area contributed by atoms with Crippen LogP contribution >= 0.6 is 0 Å². The summed E-state index contributed by atoms with van der Waals surface area (Å²) in [4.78, 5) is 38.3. The van der Waals surface area contributed by atoms with Crippen LogP contribution in [0.2, 0.25) is 0 Å². The Hall–Kier alpha value is -2.95. The lowest BCUT2D eigenvalue weighted by molar-refractivity contribution is -0.116. The Bertz CT molecular complexity index is 916. The zero-order valence-corrected chi connectivity index (χ0v) is 16.6. The van der Waals surface area contributed by atoms with Gasteiger partial charge in [-0.05, 0) is 67.9 Å². The number of carbonyl (C=O) groups is 3. The molecule has 150 valence electrons. The maximum Gasteiger partial charge on any atom is 0.261 e. The zero-order valence-electron chi connectivity index (χ0n) is 16.6. The van der Waals surface area contributed by atoms with E-state index in [4.69, 9.17) is 0 Å². The zero-order chi connectivity index (χ0) is 20.2. The Morgan fingerprint density at radius 1 is 0.862 bits per heavy atom. The molecular weight excluding hydrogens is 364 g/mol. The third-order valence-electron chi connectivity index (χ3n) is 5.83. The Kier molecular flexibility index (Phi) is 5.74. The minimum Gasteiger partial charge on any atom is -0.326 e. The van der Waals surface area contributed by atoms with Gasteiger partial charge in [0, 0.05) is 18.7 Å². The molecule has 0 atom stereocenters. The number of amides is 3.